The first-order chi connectivity index (χ1) is 11.5. The lowest BCUT2D eigenvalue weighted by Gasteiger charge is -2.13. The molecule has 24 heavy (non-hydrogen) atoms. The third-order valence-corrected chi connectivity index (χ3v) is 2.97. The number of imide groups is 1. The van der Waals surface area contributed by atoms with Gasteiger partial charge >= 0.3 is 6.03 Å². The number of carbonyl (C=O) groups is 2. The fraction of sp³-hybridized carbons (Fsp3) is 0.222. The summed E-state index contributed by atoms with van der Waals surface area (Å²) in [6, 6.07) is 16.1. The first-order valence-electron chi connectivity index (χ1n) is 7.71. The molecule has 0 aliphatic heterocycles. The SMILES string of the molecule is CC(C)NC(=O)NC(=O)CNc1ccccc1Oc1ccccc1. The molecular weight excluding hydrogens is 306 g/mol. The van der Waals surface area contributed by atoms with E-state index in [2.05, 4.69) is 16.0 Å². The van der Waals surface area contributed by atoms with Crippen molar-refractivity contribution in [3.05, 3.63) is 54.6 Å². The van der Waals surface area contributed by atoms with E-state index in [1.54, 1.807) is 12.1 Å². The molecule has 0 atom stereocenters. The van der Waals surface area contributed by atoms with Crippen LogP contribution in [0.25, 0.3) is 0 Å². The third kappa shape index (κ3) is 5.64. The smallest absolute Gasteiger partial charge is 0.321 e. The fourth-order valence-electron chi connectivity index (χ4n) is 1.96. The van der Waals surface area contributed by atoms with Gasteiger partial charge in [0.2, 0.25) is 5.91 Å². The van der Waals surface area contributed by atoms with Gasteiger partial charge in [-0.1, -0.05) is 30.3 Å². The zero-order valence-corrected chi connectivity index (χ0v) is 13.7. The molecule has 0 unspecified atom stereocenters. The van der Waals surface area contributed by atoms with Crippen LogP contribution in [0.5, 0.6) is 11.5 Å². The molecule has 6 heteroatoms. The van der Waals surface area contributed by atoms with Crippen molar-refractivity contribution >= 4 is 17.6 Å². The molecule has 0 radical (unpaired) electrons. The van der Waals surface area contributed by atoms with Crippen LogP contribution in [0.15, 0.2) is 54.6 Å². The zero-order valence-electron chi connectivity index (χ0n) is 13.7. The minimum atomic E-state index is -0.509. The van der Waals surface area contributed by atoms with Gasteiger partial charge in [-0.2, -0.15) is 0 Å². The van der Waals surface area contributed by atoms with E-state index in [0.717, 1.165) is 0 Å². The molecule has 6 nitrogen and oxygen atoms in total. The molecule has 3 N–H and O–H groups in total. The van der Waals surface area contributed by atoms with Gasteiger partial charge in [-0.15, -0.1) is 0 Å². The molecule has 0 heterocycles. The average Bonchev–Trinajstić information content (AvgIpc) is 2.54. The van der Waals surface area contributed by atoms with Crippen LogP contribution in [0, 0.1) is 0 Å². The summed E-state index contributed by atoms with van der Waals surface area (Å²) < 4.78 is 5.80. The summed E-state index contributed by atoms with van der Waals surface area (Å²) in [7, 11) is 0. The van der Waals surface area contributed by atoms with Crippen LogP contribution in [-0.2, 0) is 4.79 Å². The van der Waals surface area contributed by atoms with Crippen LogP contribution in [0.1, 0.15) is 13.8 Å². The molecule has 2 rings (SSSR count). The largest absolute Gasteiger partial charge is 0.455 e. The summed E-state index contributed by atoms with van der Waals surface area (Å²) in [5.74, 6) is 0.873. The maximum absolute atomic E-state index is 11.8. The van der Waals surface area contributed by atoms with Gasteiger partial charge in [-0.05, 0) is 38.1 Å². The standard InChI is InChI=1S/C18H21N3O3/c1-13(2)20-18(23)21-17(22)12-19-15-10-6-7-11-16(15)24-14-8-4-3-5-9-14/h3-11,13,19H,12H2,1-2H3,(H2,20,21,22,23). The maximum Gasteiger partial charge on any atom is 0.321 e. The Balaban J connectivity index is 1.93. The molecule has 0 saturated carbocycles. The van der Waals surface area contributed by atoms with E-state index in [9.17, 15) is 9.59 Å². The van der Waals surface area contributed by atoms with E-state index in [1.807, 2.05) is 56.3 Å². The number of rotatable bonds is 6. The maximum atomic E-state index is 11.8. The monoisotopic (exact) mass is 327 g/mol. The second kappa shape index (κ2) is 8.57. The van der Waals surface area contributed by atoms with E-state index in [4.69, 9.17) is 4.74 Å². The second-order valence-electron chi connectivity index (χ2n) is 5.44. The number of benzene rings is 2. The molecule has 0 aromatic heterocycles. The highest BCUT2D eigenvalue weighted by Crippen LogP contribution is 2.28. The van der Waals surface area contributed by atoms with E-state index in [1.165, 1.54) is 0 Å². The Bertz CT molecular complexity index is 687. The Kier molecular flexibility index (Phi) is 6.19. The Hall–Kier alpha value is -3.02. The zero-order chi connectivity index (χ0) is 17.4. The number of carbonyl (C=O) groups excluding carboxylic acids is 2. The molecule has 3 amide bonds. The molecule has 2 aromatic rings. The Labute approximate surface area is 141 Å². The van der Waals surface area contributed by atoms with Crippen LogP contribution >= 0.6 is 0 Å². The van der Waals surface area contributed by atoms with Crippen LogP contribution in [-0.4, -0.2) is 24.5 Å². The number of para-hydroxylation sites is 3. The van der Waals surface area contributed by atoms with Gasteiger partial charge in [-0.3, -0.25) is 10.1 Å². The minimum absolute atomic E-state index is 0.0363. The number of hydrogen-bond acceptors (Lipinski definition) is 4. The predicted octanol–water partition coefficient (Wildman–Crippen LogP) is 3.13. The summed E-state index contributed by atoms with van der Waals surface area (Å²) in [5.41, 5.74) is 0.667. The topological polar surface area (TPSA) is 79.5 Å². The van der Waals surface area contributed by atoms with Crippen molar-refractivity contribution in [2.75, 3.05) is 11.9 Å². The van der Waals surface area contributed by atoms with Crippen molar-refractivity contribution in [1.29, 1.82) is 0 Å². The van der Waals surface area contributed by atoms with Crippen LogP contribution in [0.2, 0.25) is 0 Å². The number of ether oxygens (including phenoxy) is 1. The number of hydrogen-bond donors (Lipinski definition) is 3. The fourth-order valence-corrected chi connectivity index (χ4v) is 1.96. The number of amides is 3. The van der Waals surface area contributed by atoms with E-state index >= 15 is 0 Å². The molecular formula is C18H21N3O3. The average molecular weight is 327 g/mol. The summed E-state index contributed by atoms with van der Waals surface area (Å²) in [6.45, 7) is 3.60. The van der Waals surface area contributed by atoms with Crippen molar-refractivity contribution in [3.8, 4) is 11.5 Å². The molecule has 0 aliphatic carbocycles. The molecule has 0 spiro atoms. The first-order valence-corrected chi connectivity index (χ1v) is 7.71. The summed E-state index contributed by atoms with van der Waals surface area (Å²) in [6.07, 6.45) is 0. The summed E-state index contributed by atoms with van der Waals surface area (Å²) in [5, 5.41) is 7.83. The quantitative estimate of drug-likeness (QED) is 0.761. The van der Waals surface area contributed by atoms with Gasteiger partial charge in [0, 0.05) is 6.04 Å². The van der Waals surface area contributed by atoms with Crippen molar-refractivity contribution in [3.63, 3.8) is 0 Å². The van der Waals surface area contributed by atoms with Crippen molar-refractivity contribution in [1.82, 2.24) is 10.6 Å². The van der Waals surface area contributed by atoms with E-state index < -0.39 is 11.9 Å². The second-order valence-corrected chi connectivity index (χ2v) is 5.44. The van der Waals surface area contributed by atoms with Gasteiger partial charge < -0.3 is 15.4 Å². The van der Waals surface area contributed by atoms with Gasteiger partial charge in [0.05, 0.1) is 12.2 Å². The highest BCUT2D eigenvalue weighted by Gasteiger charge is 2.10. The van der Waals surface area contributed by atoms with E-state index in [-0.39, 0.29) is 12.6 Å². The van der Waals surface area contributed by atoms with Crippen LogP contribution < -0.4 is 20.7 Å². The highest BCUT2D eigenvalue weighted by molar-refractivity contribution is 5.96. The Morgan fingerprint density at radius 2 is 1.67 bits per heavy atom. The molecule has 0 aliphatic rings. The van der Waals surface area contributed by atoms with Crippen molar-refractivity contribution < 1.29 is 14.3 Å². The normalized spacial score (nSPS) is 10.1. The summed E-state index contributed by atoms with van der Waals surface area (Å²) in [4.78, 5) is 23.3. The van der Waals surface area contributed by atoms with Gasteiger partial charge in [0.25, 0.3) is 0 Å². The molecule has 0 bridgehead atoms. The highest BCUT2D eigenvalue weighted by atomic mass is 16.5. The van der Waals surface area contributed by atoms with Gasteiger partial charge in [-0.25, -0.2) is 4.79 Å². The predicted molar refractivity (Wildman–Crippen MR) is 93.3 cm³/mol. The molecule has 0 saturated heterocycles. The van der Waals surface area contributed by atoms with Crippen LogP contribution in [0.4, 0.5) is 10.5 Å². The molecule has 126 valence electrons. The Morgan fingerprint density at radius 1 is 1.00 bits per heavy atom. The molecule has 0 fully saturated rings. The lowest BCUT2D eigenvalue weighted by molar-refractivity contribution is -0.118. The third-order valence-electron chi connectivity index (χ3n) is 2.97. The van der Waals surface area contributed by atoms with Crippen LogP contribution in [0.3, 0.4) is 0 Å². The van der Waals surface area contributed by atoms with Gasteiger partial charge in [0.15, 0.2) is 5.75 Å². The lowest BCUT2D eigenvalue weighted by Crippen LogP contribution is -2.44. The first kappa shape index (κ1) is 17.3. The number of urea groups is 1. The number of anilines is 1. The minimum Gasteiger partial charge on any atom is -0.455 e. The lowest BCUT2D eigenvalue weighted by atomic mass is 10.3. The van der Waals surface area contributed by atoms with Gasteiger partial charge in [0.1, 0.15) is 5.75 Å². The molecule has 2 aromatic carbocycles. The van der Waals surface area contributed by atoms with Crippen molar-refractivity contribution in [2.45, 2.75) is 19.9 Å². The number of nitrogens with one attached hydrogen (secondary N) is 3. The van der Waals surface area contributed by atoms with E-state index in [0.29, 0.717) is 17.2 Å². The van der Waals surface area contributed by atoms with Crippen molar-refractivity contribution in [2.24, 2.45) is 0 Å². The Morgan fingerprint density at radius 3 is 2.38 bits per heavy atom. The summed E-state index contributed by atoms with van der Waals surface area (Å²) >= 11 is 0.